The molecular weight excluding hydrogens is 192 g/mol. The lowest BCUT2D eigenvalue weighted by Crippen LogP contribution is -1.94. The van der Waals surface area contributed by atoms with Crippen LogP contribution in [0.3, 0.4) is 0 Å². The van der Waals surface area contributed by atoms with Gasteiger partial charge >= 0.3 is 0 Å². The largest absolute Gasteiger partial charge is 0.497 e. The van der Waals surface area contributed by atoms with Gasteiger partial charge in [-0.05, 0) is 29.7 Å². The molecule has 1 rings (SSSR count). The van der Waals surface area contributed by atoms with Gasteiger partial charge < -0.3 is 14.9 Å². The average molecular weight is 208 g/mol. The van der Waals surface area contributed by atoms with Gasteiger partial charge in [-0.3, -0.25) is 0 Å². The smallest absolute Gasteiger partial charge is 0.118 e. The molecule has 0 saturated carbocycles. The van der Waals surface area contributed by atoms with E-state index in [1.54, 1.807) is 7.11 Å². The van der Waals surface area contributed by atoms with Crippen molar-refractivity contribution in [2.45, 2.75) is 6.42 Å². The monoisotopic (exact) mass is 208 g/mol. The van der Waals surface area contributed by atoms with Gasteiger partial charge in [0.2, 0.25) is 0 Å². The minimum atomic E-state index is -0.0212. The molecule has 1 aromatic rings. The second-order valence-electron chi connectivity index (χ2n) is 3.21. The van der Waals surface area contributed by atoms with E-state index in [2.05, 4.69) is 0 Å². The lowest BCUT2D eigenvalue weighted by Gasteiger charge is -2.03. The molecule has 15 heavy (non-hydrogen) atoms. The molecule has 0 aliphatic rings. The van der Waals surface area contributed by atoms with Gasteiger partial charge in [-0.1, -0.05) is 18.2 Å². The first-order valence-electron chi connectivity index (χ1n) is 4.85. The number of aliphatic hydroxyl groups is 2. The van der Waals surface area contributed by atoms with Crippen LogP contribution < -0.4 is 4.74 Å². The second kappa shape index (κ2) is 6.22. The summed E-state index contributed by atoms with van der Waals surface area (Å²) in [4.78, 5) is 0. The zero-order chi connectivity index (χ0) is 11.1. The summed E-state index contributed by atoms with van der Waals surface area (Å²) in [7, 11) is 1.62. The van der Waals surface area contributed by atoms with Crippen LogP contribution in [0.4, 0.5) is 0 Å². The van der Waals surface area contributed by atoms with Gasteiger partial charge in [0.1, 0.15) is 5.75 Å². The van der Waals surface area contributed by atoms with Crippen molar-refractivity contribution >= 4 is 6.08 Å². The van der Waals surface area contributed by atoms with Gasteiger partial charge in [-0.15, -0.1) is 0 Å². The Morgan fingerprint density at radius 2 is 1.93 bits per heavy atom. The molecule has 0 radical (unpaired) electrons. The van der Waals surface area contributed by atoms with E-state index < -0.39 is 0 Å². The molecule has 0 atom stereocenters. The van der Waals surface area contributed by atoms with Gasteiger partial charge in [0.25, 0.3) is 0 Å². The molecule has 0 fully saturated rings. The summed E-state index contributed by atoms with van der Waals surface area (Å²) in [6, 6.07) is 7.54. The summed E-state index contributed by atoms with van der Waals surface area (Å²) in [5.74, 6) is 0.805. The van der Waals surface area contributed by atoms with Crippen LogP contribution >= 0.6 is 0 Å². The summed E-state index contributed by atoms with van der Waals surface area (Å²) in [5, 5.41) is 17.8. The molecule has 0 spiro atoms. The molecule has 0 unspecified atom stereocenters. The van der Waals surface area contributed by atoms with Gasteiger partial charge in [-0.2, -0.15) is 0 Å². The van der Waals surface area contributed by atoms with E-state index in [1.165, 1.54) is 0 Å². The maximum Gasteiger partial charge on any atom is 0.118 e. The van der Waals surface area contributed by atoms with E-state index in [1.807, 2.05) is 30.3 Å². The van der Waals surface area contributed by atoms with E-state index in [4.69, 9.17) is 14.9 Å². The molecule has 0 saturated heterocycles. The predicted molar refractivity (Wildman–Crippen MR) is 59.8 cm³/mol. The van der Waals surface area contributed by atoms with Gasteiger partial charge in [0.15, 0.2) is 0 Å². The van der Waals surface area contributed by atoms with Crippen molar-refractivity contribution in [1.82, 2.24) is 0 Å². The van der Waals surface area contributed by atoms with Crippen LogP contribution in [0.5, 0.6) is 5.75 Å². The van der Waals surface area contributed by atoms with E-state index in [9.17, 15) is 0 Å². The number of hydrogen-bond acceptors (Lipinski definition) is 3. The van der Waals surface area contributed by atoms with Gasteiger partial charge in [0, 0.05) is 6.61 Å². The molecule has 0 heterocycles. The minimum absolute atomic E-state index is 0.0212. The number of methoxy groups -OCH3 is 1. The van der Waals surface area contributed by atoms with Crippen LogP contribution in [-0.4, -0.2) is 30.5 Å². The number of hydrogen-bond donors (Lipinski definition) is 2. The Morgan fingerprint density at radius 1 is 1.27 bits per heavy atom. The van der Waals surface area contributed by atoms with Crippen LogP contribution in [0.25, 0.3) is 6.08 Å². The topological polar surface area (TPSA) is 49.7 Å². The van der Waals surface area contributed by atoms with Crippen molar-refractivity contribution in [3.05, 3.63) is 35.4 Å². The molecule has 0 aliphatic heterocycles. The number of aliphatic hydroxyl groups excluding tert-OH is 2. The minimum Gasteiger partial charge on any atom is -0.497 e. The fraction of sp³-hybridized carbons (Fsp3) is 0.333. The highest BCUT2D eigenvalue weighted by Gasteiger charge is 1.96. The first kappa shape index (κ1) is 11.8. The molecule has 3 nitrogen and oxygen atoms in total. The highest BCUT2D eigenvalue weighted by atomic mass is 16.5. The Bertz CT molecular complexity index is 314. The molecule has 1 aromatic carbocycles. The Kier molecular flexibility index (Phi) is 4.87. The highest BCUT2D eigenvalue weighted by Crippen LogP contribution is 2.14. The zero-order valence-corrected chi connectivity index (χ0v) is 8.81. The number of ether oxygens (including phenoxy) is 1. The Balaban J connectivity index is 2.77. The maximum atomic E-state index is 9.02. The van der Waals surface area contributed by atoms with Crippen molar-refractivity contribution < 1.29 is 14.9 Å². The molecule has 0 aromatic heterocycles. The van der Waals surface area contributed by atoms with Crippen molar-refractivity contribution in [3.8, 4) is 5.75 Å². The summed E-state index contributed by atoms with van der Waals surface area (Å²) in [6.45, 7) is 0.0368. The van der Waals surface area contributed by atoms with Crippen LogP contribution in [-0.2, 0) is 0 Å². The summed E-state index contributed by atoms with van der Waals surface area (Å²) in [6.07, 6.45) is 2.37. The lowest BCUT2D eigenvalue weighted by molar-refractivity contribution is 0.279. The third-order valence-electron chi connectivity index (χ3n) is 2.12. The third kappa shape index (κ3) is 3.73. The van der Waals surface area contributed by atoms with Crippen molar-refractivity contribution in [2.75, 3.05) is 20.3 Å². The standard InChI is InChI=1S/C12H16O3/c1-15-12-4-2-10(3-5-12)8-11(9-14)6-7-13/h2-5,8,13-14H,6-7,9H2,1H3/b11-8-. The van der Waals surface area contributed by atoms with Crippen molar-refractivity contribution in [2.24, 2.45) is 0 Å². The Hall–Kier alpha value is -1.32. The Morgan fingerprint density at radius 3 is 2.40 bits per heavy atom. The molecule has 3 heteroatoms. The molecule has 82 valence electrons. The highest BCUT2D eigenvalue weighted by molar-refractivity contribution is 5.54. The van der Waals surface area contributed by atoms with Crippen LogP contribution in [0.2, 0.25) is 0 Å². The Labute approximate surface area is 89.6 Å². The third-order valence-corrected chi connectivity index (χ3v) is 2.12. The van der Waals surface area contributed by atoms with E-state index in [0.717, 1.165) is 16.9 Å². The SMILES string of the molecule is COc1ccc(/C=C(\CO)CCO)cc1. The van der Waals surface area contributed by atoms with Crippen LogP contribution in [0.15, 0.2) is 29.8 Å². The molecule has 0 aliphatic carbocycles. The van der Waals surface area contributed by atoms with Crippen LogP contribution in [0.1, 0.15) is 12.0 Å². The lowest BCUT2D eigenvalue weighted by atomic mass is 10.1. The summed E-state index contributed by atoms with van der Waals surface area (Å²) < 4.78 is 5.04. The molecule has 0 bridgehead atoms. The second-order valence-corrected chi connectivity index (χ2v) is 3.21. The van der Waals surface area contributed by atoms with Crippen LogP contribution in [0, 0.1) is 0 Å². The average Bonchev–Trinajstić information content (AvgIpc) is 2.29. The van der Waals surface area contributed by atoms with Crippen molar-refractivity contribution in [1.29, 1.82) is 0 Å². The van der Waals surface area contributed by atoms with E-state index in [0.29, 0.717) is 6.42 Å². The molecule has 2 N–H and O–H groups in total. The van der Waals surface area contributed by atoms with Crippen molar-refractivity contribution in [3.63, 3.8) is 0 Å². The van der Waals surface area contributed by atoms with Gasteiger partial charge in [-0.25, -0.2) is 0 Å². The number of benzene rings is 1. The van der Waals surface area contributed by atoms with E-state index >= 15 is 0 Å². The van der Waals surface area contributed by atoms with E-state index in [-0.39, 0.29) is 13.2 Å². The fourth-order valence-electron chi connectivity index (χ4n) is 1.28. The fourth-order valence-corrected chi connectivity index (χ4v) is 1.28. The molecule has 0 amide bonds. The first-order chi connectivity index (χ1) is 7.30. The normalized spacial score (nSPS) is 11.5. The number of rotatable bonds is 5. The maximum absolute atomic E-state index is 9.02. The zero-order valence-electron chi connectivity index (χ0n) is 8.81. The van der Waals surface area contributed by atoms with Gasteiger partial charge in [0.05, 0.1) is 13.7 Å². The summed E-state index contributed by atoms with van der Waals surface area (Å²) in [5.41, 5.74) is 1.82. The quantitative estimate of drug-likeness (QED) is 0.770. The molecular formula is C12H16O3. The first-order valence-corrected chi connectivity index (χ1v) is 4.85. The summed E-state index contributed by atoms with van der Waals surface area (Å²) >= 11 is 0. The predicted octanol–water partition coefficient (Wildman–Crippen LogP) is 1.45.